The molecule has 1 aromatic carbocycles. The third-order valence-electron chi connectivity index (χ3n) is 5.20. The van der Waals surface area contributed by atoms with Crippen LogP contribution in [0.25, 0.3) is 0 Å². The van der Waals surface area contributed by atoms with Gasteiger partial charge in [0, 0.05) is 31.0 Å². The van der Waals surface area contributed by atoms with E-state index in [2.05, 4.69) is 17.4 Å². The fraction of sp³-hybridized carbons (Fsp3) is 0.609. The van der Waals surface area contributed by atoms with Gasteiger partial charge in [-0.3, -0.25) is 0 Å². The molecule has 0 bridgehead atoms. The molecule has 1 fully saturated rings. The Morgan fingerprint density at radius 3 is 2.71 bits per heavy atom. The minimum absolute atomic E-state index is 0.154. The van der Waals surface area contributed by atoms with Gasteiger partial charge in [-0.15, -0.1) is 0 Å². The van der Waals surface area contributed by atoms with Crippen molar-refractivity contribution in [2.24, 2.45) is 5.92 Å². The Bertz CT molecular complexity index is 582. The summed E-state index contributed by atoms with van der Waals surface area (Å²) >= 11 is 0. The van der Waals surface area contributed by atoms with Gasteiger partial charge in [-0.25, -0.2) is 4.79 Å². The van der Waals surface area contributed by atoms with Gasteiger partial charge in [-0.05, 0) is 50.5 Å². The van der Waals surface area contributed by atoms with Crippen molar-refractivity contribution in [1.82, 2.24) is 5.32 Å². The number of carbonyl (C=O) groups is 1. The molecule has 5 heteroatoms. The Labute approximate surface area is 169 Å². The number of ether oxygens (including phenoxy) is 2. The van der Waals surface area contributed by atoms with E-state index in [0.29, 0.717) is 32.2 Å². The number of hydrogen-bond acceptors (Lipinski definition) is 5. The van der Waals surface area contributed by atoms with Crippen LogP contribution in [-0.2, 0) is 20.9 Å². The zero-order chi connectivity index (χ0) is 20.0. The van der Waals surface area contributed by atoms with Crippen molar-refractivity contribution in [1.29, 1.82) is 0 Å². The second kappa shape index (κ2) is 13.3. The van der Waals surface area contributed by atoms with Gasteiger partial charge in [0.25, 0.3) is 0 Å². The molecule has 1 unspecified atom stereocenters. The second-order valence-corrected chi connectivity index (χ2v) is 7.37. The van der Waals surface area contributed by atoms with Crippen molar-refractivity contribution in [2.75, 3.05) is 19.8 Å². The van der Waals surface area contributed by atoms with Crippen molar-refractivity contribution < 1.29 is 19.4 Å². The topological polar surface area (TPSA) is 67.8 Å². The summed E-state index contributed by atoms with van der Waals surface area (Å²) in [5, 5.41) is 13.0. The standard InChI is InChI=1S/C23H35NO4/c1-2-28-23(26)17-21(24-22(14-15-25)20-11-6-7-12-20)13-8-16-27-18-19-9-4-3-5-10-19/h3-5,9-10,17,20,22,24-25H,2,6-8,11-16,18H2,1H3/b21-17+. The summed E-state index contributed by atoms with van der Waals surface area (Å²) in [6.45, 7) is 3.56. The number of allylic oxidation sites excluding steroid dienone is 1. The van der Waals surface area contributed by atoms with Crippen LogP contribution in [-0.4, -0.2) is 36.9 Å². The Morgan fingerprint density at radius 2 is 2.04 bits per heavy atom. The van der Waals surface area contributed by atoms with Gasteiger partial charge in [-0.2, -0.15) is 0 Å². The third kappa shape index (κ3) is 8.44. The number of esters is 1. The molecule has 0 aliphatic heterocycles. The number of aliphatic hydroxyl groups excluding tert-OH is 1. The van der Waals surface area contributed by atoms with E-state index in [1.54, 1.807) is 6.08 Å². The van der Waals surface area contributed by atoms with Crippen LogP contribution in [0.5, 0.6) is 0 Å². The van der Waals surface area contributed by atoms with Crippen LogP contribution >= 0.6 is 0 Å². The van der Waals surface area contributed by atoms with Gasteiger partial charge in [0.1, 0.15) is 0 Å². The average Bonchev–Trinajstić information content (AvgIpc) is 3.23. The quantitative estimate of drug-likeness (QED) is 0.304. The summed E-state index contributed by atoms with van der Waals surface area (Å²) in [5.74, 6) is 0.247. The van der Waals surface area contributed by atoms with Crippen LogP contribution in [0.2, 0.25) is 0 Å². The molecule has 1 aliphatic carbocycles. The number of nitrogens with one attached hydrogen (secondary N) is 1. The highest BCUT2D eigenvalue weighted by atomic mass is 16.5. The van der Waals surface area contributed by atoms with Crippen molar-refractivity contribution in [3.05, 3.63) is 47.7 Å². The largest absolute Gasteiger partial charge is 0.463 e. The van der Waals surface area contributed by atoms with Gasteiger partial charge >= 0.3 is 5.97 Å². The van der Waals surface area contributed by atoms with Crippen molar-refractivity contribution in [2.45, 2.75) is 64.5 Å². The van der Waals surface area contributed by atoms with Crippen LogP contribution in [0.3, 0.4) is 0 Å². The molecule has 2 N–H and O–H groups in total. The van der Waals surface area contributed by atoms with E-state index in [9.17, 15) is 9.90 Å². The van der Waals surface area contributed by atoms with Crippen LogP contribution < -0.4 is 5.32 Å². The summed E-state index contributed by atoms with van der Waals surface area (Å²) in [5.41, 5.74) is 2.04. The lowest BCUT2D eigenvalue weighted by Crippen LogP contribution is -2.36. The molecule has 156 valence electrons. The molecule has 2 rings (SSSR count). The van der Waals surface area contributed by atoms with E-state index in [1.165, 1.54) is 25.7 Å². The number of carbonyl (C=O) groups excluding carboxylic acids is 1. The van der Waals surface area contributed by atoms with Gasteiger partial charge in [0.15, 0.2) is 0 Å². The molecular weight excluding hydrogens is 354 g/mol. The number of hydrogen-bond donors (Lipinski definition) is 2. The third-order valence-corrected chi connectivity index (χ3v) is 5.20. The molecule has 0 saturated heterocycles. The number of aliphatic hydroxyl groups is 1. The number of benzene rings is 1. The molecule has 0 heterocycles. The molecular formula is C23H35NO4. The molecule has 0 aromatic heterocycles. The van der Waals surface area contributed by atoms with Gasteiger partial charge in [0.2, 0.25) is 0 Å². The van der Waals surface area contributed by atoms with E-state index in [-0.39, 0.29) is 18.6 Å². The Hall–Kier alpha value is -1.85. The van der Waals surface area contributed by atoms with E-state index in [1.807, 2.05) is 25.1 Å². The predicted molar refractivity (Wildman–Crippen MR) is 111 cm³/mol. The minimum atomic E-state index is -0.315. The molecule has 1 aliphatic rings. The minimum Gasteiger partial charge on any atom is -0.463 e. The fourth-order valence-electron chi connectivity index (χ4n) is 3.80. The van der Waals surface area contributed by atoms with E-state index >= 15 is 0 Å². The summed E-state index contributed by atoms with van der Waals surface area (Å²) < 4.78 is 10.9. The first-order valence-electron chi connectivity index (χ1n) is 10.6. The fourth-order valence-corrected chi connectivity index (χ4v) is 3.80. The Morgan fingerprint density at radius 1 is 1.29 bits per heavy atom. The Balaban J connectivity index is 1.85. The molecule has 5 nitrogen and oxygen atoms in total. The maximum atomic E-state index is 12.0. The highest BCUT2D eigenvalue weighted by Gasteiger charge is 2.25. The van der Waals surface area contributed by atoms with E-state index in [0.717, 1.165) is 24.1 Å². The molecule has 0 radical (unpaired) electrons. The highest BCUT2D eigenvalue weighted by Crippen LogP contribution is 2.29. The van der Waals surface area contributed by atoms with Crippen LogP contribution in [0.15, 0.2) is 42.1 Å². The van der Waals surface area contributed by atoms with Crippen LogP contribution in [0, 0.1) is 5.92 Å². The van der Waals surface area contributed by atoms with Crippen molar-refractivity contribution in [3.63, 3.8) is 0 Å². The smallest absolute Gasteiger partial charge is 0.332 e. The normalized spacial score (nSPS) is 16.1. The predicted octanol–water partition coefficient (Wildman–Crippen LogP) is 3.96. The zero-order valence-corrected chi connectivity index (χ0v) is 17.1. The summed E-state index contributed by atoms with van der Waals surface area (Å²) in [6.07, 6.45) is 8.69. The molecule has 1 saturated carbocycles. The lowest BCUT2D eigenvalue weighted by Gasteiger charge is -2.26. The zero-order valence-electron chi connectivity index (χ0n) is 17.1. The molecule has 1 atom stereocenters. The van der Waals surface area contributed by atoms with Crippen molar-refractivity contribution in [3.8, 4) is 0 Å². The molecule has 1 aromatic rings. The summed E-state index contributed by atoms with van der Waals surface area (Å²) in [4.78, 5) is 12.0. The van der Waals surface area contributed by atoms with Gasteiger partial charge in [-0.1, -0.05) is 43.2 Å². The van der Waals surface area contributed by atoms with Crippen molar-refractivity contribution >= 4 is 5.97 Å². The maximum Gasteiger partial charge on any atom is 0.332 e. The summed E-state index contributed by atoms with van der Waals surface area (Å²) in [7, 11) is 0. The first-order valence-corrected chi connectivity index (χ1v) is 10.6. The molecule has 0 spiro atoms. The van der Waals surface area contributed by atoms with Crippen LogP contribution in [0.1, 0.15) is 57.4 Å². The number of rotatable bonds is 13. The monoisotopic (exact) mass is 389 g/mol. The molecule has 0 amide bonds. The lowest BCUT2D eigenvalue weighted by molar-refractivity contribution is -0.137. The van der Waals surface area contributed by atoms with E-state index < -0.39 is 0 Å². The molecule has 28 heavy (non-hydrogen) atoms. The van der Waals surface area contributed by atoms with Gasteiger partial charge in [0.05, 0.1) is 13.2 Å². The lowest BCUT2D eigenvalue weighted by atomic mass is 9.95. The first-order chi connectivity index (χ1) is 13.7. The second-order valence-electron chi connectivity index (χ2n) is 7.37. The Kier molecular flexibility index (Phi) is 10.7. The summed E-state index contributed by atoms with van der Waals surface area (Å²) in [6, 6.07) is 10.3. The van der Waals surface area contributed by atoms with Gasteiger partial charge < -0.3 is 19.9 Å². The van der Waals surface area contributed by atoms with E-state index in [4.69, 9.17) is 9.47 Å². The van der Waals surface area contributed by atoms with Crippen LogP contribution in [0.4, 0.5) is 0 Å². The first kappa shape index (κ1) is 22.4. The maximum absolute atomic E-state index is 12.0. The average molecular weight is 390 g/mol. The highest BCUT2D eigenvalue weighted by molar-refractivity contribution is 5.82. The SMILES string of the molecule is CCOC(=O)/C=C(\CCCOCc1ccccc1)NC(CCO)C1CCCC1.